The molecule has 5 nitrogen and oxygen atoms in total. The highest BCUT2D eigenvalue weighted by Crippen LogP contribution is 2.17. The number of hydrogen-bond acceptors (Lipinski definition) is 4. The molecule has 1 aromatic rings. The minimum absolute atomic E-state index is 0.144. The predicted octanol–water partition coefficient (Wildman–Crippen LogP) is 0.807. The number of rotatable bonds is 6. The zero-order valence-electron chi connectivity index (χ0n) is 10.7. The maximum absolute atomic E-state index is 11.0. The number of aryl methyl sites for hydroxylation is 2. The van der Waals surface area contributed by atoms with Gasteiger partial charge in [-0.25, -0.2) is 8.42 Å². The van der Waals surface area contributed by atoms with Crippen molar-refractivity contribution >= 4 is 9.84 Å². The molecule has 0 aliphatic carbocycles. The van der Waals surface area contributed by atoms with Crippen molar-refractivity contribution in [3.05, 3.63) is 17.5 Å². The van der Waals surface area contributed by atoms with Gasteiger partial charge in [-0.1, -0.05) is 6.92 Å². The molecule has 1 unspecified atom stereocenters. The highest BCUT2D eigenvalue weighted by atomic mass is 32.2. The molecule has 0 bridgehead atoms. The van der Waals surface area contributed by atoms with Crippen molar-refractivity contribution in [3.8, 4) is 0 Å². The zero-order chi connectivity index (χ0) is 13.1. The van der Waals surface area contributed by atoms with Crippen LogP contribution in [0.1, 0.15) is 37.2 Å². The van der Waals surface area contributed by atoms with Crippen molar-refractivity contribution in [2.24, 2.45) is 12.8 Å². The maximum Gasteiger partial charge on any atom is 0.147 e. The quantitative estimate of drug-likeness (QED) is 0.820. The normalized spacial score (nSPS) is 13.9. The molecular formula is C11H21N3O2S. The van der Waals surface area contributed by atoms with Gasteiger partial charge in [0.1, 0.15) is 9.84 Å². The Morgan fingerprint density at radius 3 is 2.65 bits per heavy atom. The van der Waals surface area contributed by atoms with Crippen molar-refractivity contribution in [2.75, 3.05) is 12.0 Å². The fraction of sp³-hybridized carbons (Fsp3) is 0.727. The van der Waals surface area contributed by atoms with Crippen molar-refractivity contribution < 1.29 is 8.42 Å². The monoisotopic (exact) mass is 259 g/mol. The van der Waals surface area contributed by atoms with Crippen LogP contribution in [-0.4, -0.2) is 30.2 Å². The van der Waals surface area contributed by atoms with E-state index in [0.29, 0.717) is 12.8 Å². The molecule has 1 rings (SSSR count). The molecule has 0 aliphatic rings. The van der Waals surface area contributed by atoms with Gasteiger partial charge in [0.05, 0.1) is 11.4 Å². The number of hydrogen-bond donors (Lipinski definition) is 1. The van der Waals surface area contributed by atoms with Crippen molar-refractivity contribution in [1.82, 2.24) is 9.78 Å². The standard InChI is InChI=1S/C11H21N3O2S/c1-4-9-8-11(14(2)13-9)10(12)6-5-7-17(3,15)16/h8,10H,4-7,12H2,1-3H3. The van der Waals surface area contributed by atoms with E-state index < -0.39 is 9.84 Å². The number of aromatic nitrogens is 2. The van der Waals surface area contributed by atoms with Crippen LogP contribution >= 0.6 is 0 Å². The van der Waals surface area contributed by atoms with Crippen LogP contribution in [0.25, 0.3) is 0 Å². The van der Waals surface area contributed by atoms with Gasteiger partial charge in [0.25, 0.3) is 0 Å². The molecule has 98 valence electrons. The van der Waals surface area contributed by atoms with Gasteiger partial charge in [-0.2, -0.15) is 5.10 Å². The average molecular weight is 259 g/mol. The largest absolute Gasteiger partial charge is 0.323 e. The van der Waals surface area contributed by atoms with Crippen LogP contribution in [0.4, 0.5) is 0 Å². The Bertz CT molecular complexity index is 465. The van der Waals surface area contributed by atoms with Gasteiger partial charge in [-0.3, -0.25) is 4.68 Å². The van der Waals surface area contributed by atoms with E-state index in [9.17, 15) is 8.42 Å². The highest BCUT2D eigenvalue weighted by molar-refractivity contribution is 7.90. The molecular weight excluding hydrogens is 238 g/mol. The number of nitrogens with zero attached hydrogens (tertiary/aromatic N) is 2. The van der Waals surface area contributed by atoms with E-state index in [2.05, 4.69) is 5.10 Å². The first-order valence-corrected chi connectivity index (χ1v) is 7.85. The van der Waals surface area contributed by atoms with Crippen LogP contribution in [0.5, 0.6) is 0 Å². The van der Waals surface area contributed by atoms with E-state index in [1.165, 1.54) is 6.26 Å². The van der Waals surface area contributed by atoms with Gasteiger partial charge in [0, 0.05) is 25.1 Å². The lowest BCUT2D eigenvalue weighted by atomic mass is 10.1. The molecule has 17 heavy (non-hydrogen) atoms. The molecule has 6 heteroatoms. The van der Waals surface area contributed by atoms with Gasteiger partial charge in [-0.15, -0.1) is 0 Å². The minimum Gasteiger partial charge on any atom is -0.323 e. The Balaban J connectivity index is 2.57. The summed E-state index contributed by atoms with van der Waals surface area (Å²) in [7, 11) is -1.02. The smallest absolute Gasteiger partial charge is 0.147 e. The number of nitrogens with two attached hydrogens (primary N) is 1. The average Bonchev–Trinajstić information content (AvgIpc) is 2.57. The molecule has 1 aromatic heterocycles. The topological polar surface area (TPSA) is 78.0 Å². The Kier molecular flexibility index (Phi) is 4.70. The predicted molar refractivity (Wildman–Crippen MR) is 68.5 cm³/mol. The fourth-order valence-electron chi connectivity index (χ4n) is 1.78. The molecule has 0 saturated carbocycles. The second-order valence-electron chi connectivity index (χ2n) is 4.42. The van der Waals surface area contributed by atoms with Gasteiger partial charge in [0.2, 0.25) is 0 Å². The van der Waals surface area contributed by atoms with Crippen molar-refractivity contribution in [3.63, 3.8) is 0 Å². The second kappa shape index (κ2) is 5.64. The first-order valence-electron chi connectivity index (χ1n) is 5.79. The summed E-state index contributed by atoms with van der Waals surface area (Å²) in [5, 5.41) is 4.33. The summed E-state index contributed by atoms with van der Waals surface area (Å²) in [5.41, 5.74) is 8.02. The van der Waals surface area contributed by atoms with Gasteiger partial charge in [-0.05, 0) is 25.3 Å². The highest BCUT2D eigenvalue weighted by Gasteiger charge is 2.13. The van der Waals surface area contributed by atoms with Gasteiger partial charge in [0.15, 0.2) is 0 Å². The minimum atomic E-state index is -2.89. The Morgan fingerprint density at radius 2 is 2.18 bits per heavy atom. The summed E-state index contributed by atoms with van der Waals surface area (Å²) < 4.78 is 23.8. The van der Waals surface area contributed by atoms with E-state index >= 15 is 0 Å². The summed E-state index contributed by atoms with van der Waals surface area (Å²) in [6.07, 6.45) is 3.38. The molecule has 2 N–H and O–H groups in total. The van der Waals surface area contributed by atoms with E-state index in [4.69, 9.17) is 5.73 Å². The molecule has 0 saturated heterocycles. The van der Waals surface area contributed by atoms with Crippen LogP contribution in [0.3, 0.4) is 0 Å². The van der Waals surface area contributed by atoms with Crippen LogP contribution in [0.15, 0.2) is 6.07 Å². The Labute approximate surface area is 103 Å². The molecule has 1 atom stereocenters. The molecule has 0 radical (unpaired) electrons. The maximum atomic E-state index is 11.0. The first kappa shape index (κ1) is 14.2. The van der Waals surface area contributed by atoms with E-state index in [1.807, 2.05) is 20.0 Å². The van der Waals surface area contributed by atoms with Gasteiger partial charge < -0.3 is 5.73 Å². The third-order valence-electron chi connectivity index (χ3n) is 2.74. The van der Waals surface area contributed by atoms with E-state index in [1.54, 1.807) is 4.68 Å². The summed E-state index contributed by atoms with van der Waals surface area (Å²) >= 11 is 0. The molecule has 0 aromatic carbocycles. The lowest BCUT2D eigenvalue weighted by Crippen LogP contribution is -2.16. The summed E-state index contributed by atoms with van der Waals surface area (Å²) in [4.78, 5) is 0. The molecule has 0 fully saturated rings. The molecule has 0 aliphatic heterocycles. The SMILES string of the molecule is CCc1cc(C(N)CCCS(C)(=O)=O)n(C)n1. The lowest BCUT2D eigenvalue weighted by molar-refractivity contribution is 0.563. The summed E-state index contributed by atoms with van der Waals surface area (Å²) in [6.45, 7) is 2.04. The molecule has 0 spiro atoms. The van der Waals surface area contributed by atoms with Crippen molar-refractivity contribution in [2.45, 2.75) is 32.2 Å². The lowest BCUT2D eigenvalue weighted by Gasteiger charge is -2.11. The fourth-order valence-corrected chi connectivity index (χ4v) is 2.47. The Hall–Kier alpha value is -0.880. The Morgan fingerprint density at radius 1 is 1.53 bits per heavy atom. The van der Waals surface area contributed by atoms with Crippen LogP contribution in [-0.2, 0) is 23.3 Å². The van der Waals surface area contributed by atoms with Crippen LogP contribution < -0.4 is 5.73 Å². The molecule has 0 amide bonds. The summed E-state index contributed by atoms with van der Waals surface area (Å²) in [5.74, 6) is 0.194. The van der Waals surface area contributed by atoms with Crippen LogP contribution in [0.2, 0.25) is 0 Å². The second-order valence-corrected chi connectivity index (χ2v) is 6.68. The van der Waals surface area contributed by atoms with Gasteiger partial charge >= 0.3 is 0 Å². The van der Waals surface area contributed by atoms with Crippen LogP contribution in [0, 0.1) is 0 Å². The van der Waals surface area contributed by atoms with E-state index in [-0.39, 0.29) is 11.8 Å². The number of sulfone groups is 1. The first-order chi connectivity index (χ1) is 7.83. The van der Waals surface area contributed by atoms with Crippen molar-refractivity contribution in [1.29, 1.82) is 0 Å². The summed E-state index contributed by atoms with van der Waals surface area (Å²) in [6, 6.07) is 1.85. The third-order valence-corrected chi connectivity index (χ3v) is 3.77. The molecule has 1 heterocycles. The zero-order valence-corrected chi connectivity index (χ0v) is 11.5. The third kappa shape index (κ3) is 4.47. The van der Waals surface area contributed by atoms with E-state index in [0.717, 1.165) is 17.8 Å².